The normalized spacial score (nSPS) is 13.5. The van der Waals surface area contributed by atoms with Crippen LogP contribution in [0.2, 0.25) is 0 Å². The van der Waals surface area contributed by atoms with E-state index in [1.165, 1.54) is 12.1 Å². The SMILES string of the molecule is CC(C)(C)NS(=O)(=O)c1cc(S(C)(=O)=O)ccc1N. The van der Waals surface area contributed by atoms with Crippen LogP contribution in [-0.4, -0.2) is 28.6 Å². The molecule has 6 nitrogen and oxygen atoms in total. The number of sulfonamides is 1. The first-order valence-electron chi connectivity index (χ1n) is 5.46. The maximum atomic E-state index is 12.2. The summed E-state index contributed by atoms with van der Waals surface area (Å²) in [5, 5.41) is 0. The quantitative estimate of drug-likeness (QED) is 0.801. The minimum Gasteiger partial charge on any atom is -0.398 e. The number of hydrogen-bond acceptors (Lipinski definition) is 5. The molecule has 0 aliphatic carbocycles. The summed E-state index contributed by atoms with van der Waals surface area (Å²) in [6, 6.07) is 3.62. The third-order valence-corrected chi connectivity index (χ3v) is 5.07. The van der Waals surface area contributed by atoms with Gasteiger partial charge in [0.25, 0.3) is 0 Å². The Bertz CT molecular complexity index is 686. The van der Waals surface area contributed by atoms with Crippen molar-refractivity contribution in [1.82, 2.24) is 4.72 Å². The lowest BCUT2D eigenvalue weighted by molar-refractivity contribution is 0.491. The van der Waals surface area contributed by atoms with Crippen molar-refractivity contribution < 1.29 is 16.8 Å². The summed E-state index contributed by atoms with van der Waals surface area (Å²) in [4.78, 5) is -0.318. The number of hydrogen-bond donors (Lipinski definition) is 2. The standard InChI is InChI=1S/C11H18N2O4S2/c1-11(2,3)13-19(16,17)10-7-8(18(4,14)15)5-6-9(10)12/h5-7,13H,12H2,1-4H3. The summed E-state index contributed by atoms with van der Waals surface area (Å²) >= 11 is 0. The molecule has 0 heterocycles. The summed E-state index contributed by atoms with van der Waals surface area (Å²) in [6.07, 6.45) is 1.01. The van der Waals surface area contributed by atoms with Crippen molar-refractivity contribution in [2.24, 2.45) is 0 Å². The van der Waals surface area contributed by atoms with Crippen LogP contribution >= 0.6 is 0 Å². The predicted molar refractivity (Wildman–Crippen MR) is 74.0 cm³/mol. The monoisotopic (exact) mass is 306 g/mol. The summed E-state index contributed by atoms with van der Waals surface area (Å²) < 4.78 is 49.7. The lowest BCUT2D eigenvalue weighted by Crippen LogP contribution is -2.40. The van der Waals surface area contributed by atoms with Gasteiger partial charge in [-0.05, 0) is 39.0 Å². The van der Waals surface area contributed by atoms with Gasteiger partial charge in [0, 0.05) is 11.8 Å². The maximum absolute atomic E-state index is 12.2. The number of anilines is 1. The molecule has 0 saturated carbocycles. The Kier molecular flexibility index (Phi) is 4.00. The summed E-state index contributed by atoms with van der Waals surface area (Å²) in [5.41, 5.74) is 4.94. The third-order valence-electron chi connectivity index (χ3n) is 2.14. The second-order valence-corrected chi connectivity index (χ2v) is 8.99. The molecule has 0 unspecified atom stereocenters. The van der Waals surface area contributed by atoms with Crippen molar-refractivity contribution in [3.63, 3.8) is 0 Å². The van der Waals surface area contributed by atoms with Gasteiger partial charge in [0.15, 0.2) is 9.84 Å². The van der Waals surface area contributed by atoms with E-state index in [-0.39, 0.29) is 15.5 Å². The first-order valence-corrected chi connectivity index (χ1v) is 8.84. The number of benzene rings is 1. The van der Waals surface area contributed by atoms with Gasteiger partial charge in [-0.25, -0.2) is 21.6 Å². The van der Waals surface area contributed by atoms with Crippen LogP contribution in [0.1, 0.15) is 20.8 Å². The molecule has 0 atom stereocenters. The molecular formula is C11H18N2O4S2. The van der Waals surface area contributed by atoms with Gasteiger partial charge in [0.05, 0.1) is 10.6 Å². The van der Waals surface area contributed by atoms with E-state index < -0.39 is 25.4 Å². The zero-order valence-electron chi connectivity index (χ0n) is 11.3. The first kappa shape index (κ1) is 15.9. The fourth-order valence-electron chi connectivity index (χ4n) is 1.44. The highest BCUT2D eigenvalue weighted by Gasteiger charge is 2.25. The Hall–Kier alpha value is -1.12. The van der Waals surface area contributed by atoms with E-state index >= 15 is 0 Å². The smallest absolute Gasteiger partial charge is 0.243 e. The summed E-state index contributed by atoms with van der Waals surface area (Å²) in [6.45, 7) is 5.05. The van der Waals surface area contributed by atoms with Crippen molar-refractivity contribution in [3.05, 3.63) is 18.2 Å². The topological polar surface area (TPSA) is 106 Å². The number of nitrogen functional groups attached to an aromatic ring is 1. The van der Waals surface area contributed by atoms with Gasteiger partial charge in [-0.2, -0.15) is 0 Å². The number of nitrogens with one attached hydrogen (secondary N) is 1. The van der Waals surface area contributed by atoms with E-state index in [0.717, 1.165) is 12.3 Å². The van der Waals surface area contributed by atoms with E-state index in [1.54, 1.807) is 20.8 Å². The molecule has 0 spiro atoms. The van der Waals surface area contributed by atoms with Crippen LogP contribution in [-0.2, 0) is 19.9 Å². The molecule has 19 heavy (non-hydrogen) atoms. The highest BCUT2D eigenvalue weighted by Crippen LogP contribution is 2.23. The molecule has 8 heteroatoms. The zero-order valence-corrected chi connectivity index (χ0v) is 12.9. The zero-order chi connectivity index (χ0) is 15.1. The molecule has 0 aliphatic heterocycles. The minimum absolute atomic E-state index is 0.00384. The van der Waals surface area contributed by atoms with E-state index in [4.69, 9.17) is 5.73 Å². The molecule has 0 radical (unpaired) electrons. The lowest BCUT2D eigenvalue weighted by atomic mass is 10.1. The average Bonchev–Trinajstić information content (AvgIpc) is 2.11. The molecule has 0 aromatic heterocycles. The minimum atomic E-state index is -3.87. The summed E-state index contributed by atoms with van der Waals surface area (Å²) in [7, 11) is -7.36. The predicted octanol–water partition coefficient (Wildman–Crippen LogP) is 0.749. The molecule has 0 fully saturated rings. The van der Waals surface area contributed by atoms with Crippen LogP contribution in [0.3, 0.4) is 0 Å². The van der Waals surface area contributed by atoms with Crippen LogP contribution in [0, 0.1) is 0 Å². The number of nitrogens with two attached hydrogens (primary N) is 1. The van der Waals surface area contributed by atoms with Gasteiger partial charge in [0.2, 0.25) is 10.0 Å². The molecule has 1 aromatic rings. The van der Waals surface area contributed by atoms with Crippen LogP contribution < -0.4 is 10.5 Å². The third kappa shape index (κ3) is 4.19. The molecule has 0 amide bonds. The van der Waals surface area contributed by atoms with Crippen LogP contribution in [0.25, 0.3) is 0 Å². The van der Waals surface area contributed by atoms with Gasteiger partial charge < -0.3 is 5.73 Å². The highest BCUT2D eigenvalue weighted by atomic mass is 32.2. The number of rotatable bonds is 3. The van der Waals surface area contributed by atoms with Crippen molar-refractivity contribution in [2.45, 2.75) is 36.1 Å². The van der Waals surface area contributed by atoms with Crippen LogP contribution in [0.4, 0.5) is 5.69 Å². The largest absolute Gasteiger partial charge is 0.398 e. The van der Waals surface area contributed by atoms with E-state index in [2.05, 4.69) is 4.72 Å². The van der Waals surface area contributed by atoms with Gasteiger partial charge >= 0.3 is 0 Å². The van der Waals surface area contributed by atoms with Gasteiger partial charge in [-0.15, -0.1) is 0 Å². The van der Waals surface area contributed by atoms with Crippen molar-refractivity contribution in [1.29, 1.82) is 0 Å². The Morgan fingerprint density at radius 2 is 1.63 bits per heavy atom. The molecule has 3 N–H and O–H groups in total. The Morgan fingerprint density at radius 3 is 2.05 bits per heavy atom. The molecule has 108 valence electrons. The Balaban J connectivity index is 3.43. The first-order chi connectivity index (χ1) is 8.33. The molecular weight excluding hydrogens is 288 g/mol. The second kappa shape index (κ2) is 4.77. The molecule has 1 rings (SSSR count). The second-order valence-electron chi connectivity index (χ2n) is 5.33. The van der Waals surface area contributed by atoms with Gasteiger partial charge in [-0.1, -0.05) is 0 Å². The molecule has 0 bridgehead atoms. The highest BCUT2D eigenvalue weighted by molar-refractivity contribution is 7.91. The van der Waals surface area contributed by atoms with Crippen LogP contribution in [0.15, 0.2) is 28.0 Å². The molecule has 0 saturated heterocycles. The van der Waals surface area contributed by atoms with Gasteiger partial charge in [-0.3, -0.25) is 0 Å². The fraction of sp³-hybridized carbons (Fsp3) is 0.455. The Morgan fingerprint density at radius 1 is 1.11 bits per heavy atom. The van der Waals surface area contributed by atoms with Crippen LogP contribution in [0.5, 0.6) is 0 Å². The lowest BCUT2D eigenvalue weighted by Gasteiger charge is -2.21. The fourth-order valence-corrected chi connectivity index (χ4v) is 3.73. The van der Waals surface area contributed by atoms with E-state index in [9.17, 15) is 16.8 Å². The van der Waals surface area contributed by atoms with Crippen molar-refractivity contribution in [3.8, 4) is 0 Å². The number of sulfone groups is 1. The van der Waals surface area contributed by atoms with Crippen molar-refractivity contribution in [2.75, 3.05) is 12.0 Å². The average molecular weight is 306 g/mol. The maximum Gasteiger partial charge on any atom is 0.243 e. The summed E-state index contributed by atoms with van der Waals surface area (Å²) in [5.74, 6) is 0. The Labute approximate surface area is 114 Å². The van der Waals surface area contributed by atoms with E-state index in [1.807, 2.05) is 0 Å². The van der Waals surface area contributed by atoms with Gasteiger partial charge in [0.1, 0.15) is 4.90 Å². The van der Waals surface area contributed by atoms with Crippen molar-refractivity contribution >= 4 is 25.5 Å². The van der Waals surface area contributed by atoms with E-state index in [0.29, 0.717) is 0 Å². The molecule has 1 aromatic carbocycles. The molecule has 0 aliphatic rings.